The van der Waals surface area contributed by atoms with Crippen LogP contribution in [0.1, 0.15) is 10.6 Å². The van der Waals surface area contributed by atoms with E-state index in [1.807, 2.05) is 11.4 Å². The van der Waals surface area contributed by atoms with E-state index in [2.05, 4.69) is 20.9 Å². The molecule has 84 valence electrons. The second-order valence-corrected chi connectivity index (χ2v) is 4.98. The summed E-state index contributed by atoms with van der Waals surface area (Å²) < 4.78 is 6.63. The number of aliphatic hydroxyl groups excluding tert-OH is 1. The fraction of sp³-hybridized carbons (Fsp3) is 0.182. The minimum Gasteiger partial charge on any atom is -0.486 e. The second kappa shape index (κ2) is 5.43. The van der Waals surface area contributed by atoms with Gasteiger partial charge in [0.2, 0.25) is 0 Å². The van der Waals surface area contributed by atoms with Crippen molar-refractivity contribution >= 4 is 27.3 Å². The lowest BCUT2D eigenvalue weighted by molar-refractivity contribution is 0.275. The molecule has 0 aromatic carbocycles. The van der Waals surface area contributed by atoms with Crippen LogP contribution in [0.3, 0.4) is 0 Å². The van der Waals surface area contributed by atoms with Crippen molar-refractivity contribution in [1.82, 2.24) is 4.98 Å². The SMILES string of the molecule is OCc1ccc(OCc2sccc2Br)cn1. The van der Waals surface area contributed by atoms with Gasteiger partial charge < -0.3 is 9.84 Å². The molecule has 16 heavy (non-hydrogen) atoms. The molecule has 0 unspecified atom stereocenters. The molecule has 0 spiro atoms. The highest BCUT2D eigenvalue weighted by atomic mass is 79.9. The van der Waals surface area contributed by atoms with Crippen LogP contribution in [-0.2, 0) is 13.2 Å². The monoisotopic (exact) mass is 299 g/mol. The summed E-state index contributed by atoms with van der Waals surface area (Å²) in [5, 5.41) is 10.8. The lowest BCUT2D eigenvalue weighted by Gasteiger charge is -2.05. The molecule has 2 aromatic rings. The van der Waals surface area contributed by atoms with Gasteiger partial charge in [0.05, 0.1) is 23.4 Å². The number of halogens is 1. The number of thiophene rings is 1. The van der Waals surface area contributed by atoms with Crippen molar-refractivity contribution < 1.29 is 9.84 Å². The Morgan fingerprint density at radius 2 is 2.25 bits per heavy atom. The maximum atomic E-state index is 8.84. The molecule has 1 N–H and O–H groups in total. The fourth-order valence-corrected chi connectivity index (χ4v) is 2.54. The maximum Gasteiger partial charge on any atom is 0.138 e. The van der Waals surface area contributed by atoms with E-state index in [4.69, 9.17) is 9.84 Å². The molecule has 3 nitrogen and oxygen atoms in total. The number of aromatic nitrogens is 1. The van der Waals surface area contributed by atoms with Crippen molar-refractivity contribution in [2.75, 3.05) is 0 Å². The highest BCUT2D eigenvalue weighted by Gasteiger charge is 2.02. The first-order chi connectivity index (χ1) is 7.79. The summed E-state index contributed by atoms with van der Waals surface area (Å²) in [5.74, 6) is 0.706. The lowest BCUT2D eigenvalue weighted by Crippen LogP contribution is -1.95. The second-order valence-electron chi connectivity index (χ2n) is 3.12. The Morgan fingerprint density at radius 1 is 1.38 bits per heavy atom. The van der Waals surface area contributed by atoms with Crippen molar-refractivity contribution in [3.63, 3.8) is 0 Å². The number of aliphatic hydroxyl groups is 1. The first-order valence-electron chi connectivity index (χ1n) is 4.70. The Bertz CT molecular complexity index is 455. The normalized spacial score (nSPS) is 10.4. The average molecular weight is 300 g/mol. The van der Waals surface area contributed by atoms with Crippen molar-refractivity contribution in [1.29, 1.82) is 0 Å². The van der Waals surface area contributed by atoms with Gasteiger partial charge in [0, 0.05) is 4.47 Å². The van der Waals surface area contributed by atoms with Gasteiger partial charge in [0.15, 0.2) is 0 Å². The minimum absolute atomic E-state index is 0.0449. The zero-order valence-electron chi connectivity index (χ0n) is 8.39. The molecule has 0 aliphatic carbocycles. The van der Waals surface area contributed by atoms with Gasteiger partial charge in [-0.05, 0) is 39.5 Å². The average Bonchev–Trinajstić information content (AvgIpc) is 2.73. The number of nitrogens with zero attached hydrogens (tertiary/aromatic N) is 1. The topological polar surface area (TPSA) is 42.4 Å². The van der Waals surface area contributed by atoms with Gasteiger partial charge in [-0.25, -0.2) is 0 Å². The fourth-order valence-electron chi connectivity index (χ4n) is 1.17. The third-order valence-corrected chi connectivity index (χ3v) is 3.92. The molecule has 2 aromatic heterocycles. The molecule has 0 saturated heterocycles. The van der Waals surface area contributed by atoms with Crippen LogP contribution < -0.4 is 4.74 Å². The Kier molecular flexibility index (Phi) is 3.93. The predicted octanol–water partition coefficient (Wildman–Crippen LogP) is 2.98. The van der Waals surface area contributed by atoms with E-state index in [1.54, 1.807) is 29.7 Å². The quantitative estimate of drug-likeness (QED) is 0.944. The van der Waals surface area contributed by atoms with Gasteiger partial charge >= 0.3 is 0 Å². The van der Waals surface area contributed by atoms with Crippen LogP contribution in [0.2, 0.25) is 0 Å². The highest BCUT2D eigenvalue weighted by molar-refractivity contribution is 9.10. The summed E-state index contributed by atoms with van der Waals surface area (Å²) in [5.41, 5.74) is 0.643. The van der Waals surface area contributed by atoms with Crippen molar-refractivity contribution in [2.45, 2.75) is 13.2 Å². The lowest BCUT2D eigenvalue weighted by atomic mass is 10.3. The zero-order valence-corrected chi connectivity index (χ0v) is 10.8. The Morgan fingerprint density at radius 3 is 2.81 bits per heavy atom. The molecule has 0 saturated carbocycles. The molecule has 0 aliphatic rings. The molecule has 0 bridgehead atoms. The number of hydrogen-bond acceptors (Lipinski definition) is 4. The van der Waals surface area contributed by atoms with E-state index in [0.29, 0.717) is 18.1 Å². The summed E-state index contributed by atoms with van der Waals surface area (Å²) in [6.07, 6.45) is 1.62. The van der Waals surface area contributed by atoms with Gasteiger partial charge in [-0.2, -0.15) is 0 Å². The van der Waals surface area contributed by atoms with Gasteiger partial charge in [0.25, 0.3) is 0 Å². The predicted molar refractivity (Wildman–Crippen MR) is 66.5 cm³/mol. The van der Waals surface area contributed by atoms with Crippen LogP contribution in [0.4, 0.5) is 0 Å². The zero-order chi connectivity index (χ0) is 11.4. The third-order valence-electron chi connectivity index (χ3n) is 2.02. The van der Waals surface area contributed by atoms with Crippen molar-refractivity contribution in [3.8, 4) is 5.75 Å². The minimum atomic E-state index is -0.0449. The number of hydrogen-bond donors (Lipinski definition) is 1. The van der Waals surface area contributed by atoms with E-state index in [0.717, 1.165) is 9.35 Å². The summed E-state index contributed by atoms with van der Waals surface area (Å²) in [4.78, 5) is 5.18. The molecule has 0 fully saturated rings. The van der Waals surface area contributed by atoms with Crippen LogP contribution in [0, 0.1) is 0 Å². The Labute approximate surface area is 106 Å². The van der Waals surface area contributed by atoms with Crippen LogP contribution in [0.15, 0.2) is 34.2 Å². The number of ether oxygens (including phenoxy) is 1. The van der Waals surface area contributed by atoms with Gasteiger partial charge in [-0.3, -0.25) is 4.98 Å². The highest BCUT2D eigenvalue weighted by Crippen LogP contribution is 2.24. The standard InChI is InChI=1S/C11H10BrNO2S/c12-10-3-4-16-11(10)7-15-9-2-1-8(6-14)13-5-9/h1-5,14H,6-7H2. The summed E-state index contributed by atoms with van der Waals surface area (Å²) in [6, 6.07) is 5.55. The molecule has 0 atom stereocenters. The van der Waals surface area contributed by atoms with E-state index >= 15 is 0 Å². The third kappa shape index (κ3) is 2.81. The van der Waals surface area contributed by atoms with Crippen LogP contribution >= 0.6 is 27.3 Å². The largest absolute Gasteiger partial charge is 0.486 e. The number of rotatable bonds is 4. The van der Waals surface area contributed by atoms with Crippen LogP contribution in [-0.4, -0.2) is 10.1 Å². The summed E-state index contributed by atoms with van der Waals surface area (Å²) in [6.45, 7) is 0.481. The molecule has 2 heterocycles. The first-order valence-corrected chi connectivity index (χ1v) is 6.37. The maximum absolute atomic E-state index is 8.84. The molecule has 0 aliphatic heterocycles. The first kappa shape index (κ1) is 11.6. The Hall–Kier alpha value is -0.910. The molecule has 0 radical (unpaired) electrons. The van der Waals surface area contributed by atoms with E-state index in [9.17, 15) is 0 Å². The van der Waals surface area contributed by atoms with Crippen molar-refractivity contribution in [2.24, 2.45) is 0 Å². The van der Waals surface area contributed by atoms with Gasteiger partial charge in [0.1, 0.15) is 12.4 Å². The summed E-state index contributed by atoms with van der Waals surface area (Å²) >= 11 is 5.09. The molecular formula is C11H10BrNO2S. The molecule has 0 amide bonds. The van der Waals surface area contributed by atoms with Crippen molar-refractivity contribution in [3.05, 3.63) is 44.8 Å². The van der Waals surface area contributed by atoms with E-state index in [-0.39, 0.29) is 6.61 Å². The molecule has 2 rings (SSSR count). The molecule has 5 heteroatoms. The van der Waals surface area contributed by atoms with Crippen LogP contribution in [0.25, 0.3) is 0 Å². The van der Waals surface area contributed by atoms with E-state index < -0.39 is 0 Å². The van der Waals surface area contributed by atoms with Gasteiger partial charge in [-0.15, -0.1) is 11.3 Å². The summed E-state index contributed by atoms with van der Waals surface area (Å²) in [7, 11) is 0. The van der Waals surface area contributed by atoms with Gasteiger partial charge in [-0.1, -0.05) is 0 Å². The number of pyridine rings is 1. The van der Waals surface area contributed by atoms with E-state index in [1.165, 1.54) is 0 Å². The molecular weight excluding hydrogens is 290 g/mol. The smallest absolute Gasteiger partial charge is 0.138 e. The van der Waals surface area contributed by atoms with Crippen LogP contribution in [0.5, 0.6) is 5.75 Å². The Balaban J connectivity index is 1.97.